The van der Waals surface area contributed by atoms with Crippen LogP contribution in [-0.4, -0.2) is 12.7 Å². The molecular formula is C12H12F7N. The highest BCUT2D eigenvalue weighted by Gasteiger charge is 2.31. The molecule has 0 radical (unpaired) electrons. The van der Waals surface area contributed by atoms with Gasteiger partial charge in [0.2, 0.25) is 0 Å². The maximum Gasteiger partial charge on any atom is 0.416 e. The average Bonchev–Trinajstić information content (AvgIpc) is 2.25. The van der Waals surface area contributed by atoms with Crippen LogP contribution in [0, 0.1) is 5.82 Å². The Balaban J connectivity index is 2.50. The molecule has 0 aliphatic rings. The van der Waals surface area contributed by atoms with Gasteiger partial charge >= 0.3 is 12.4 Å². The van der Waals surface area contributed by atoms with Crippen LogP contribution in [0.3, 0.4) is 0 Å². The zero-order chi connectivity index (χ0) is 15.4. The number of hydrogen-bond donors (Lipinski definition) is 1. The Morgan fingerprint density at radius 1 is 0.950 bits per heavy atom. The Morgan fingerprint density at radius 3 is 2.15 bits per heavy atom. The van der Waals surface area contributed by atoms with Gasteiger partial charge in [0.25, 0.3) is 0 Å². The third kappa shape index (κ3) is 6.23. The van der Waals surface area contributed by atoms with E-state index in [0.29, 0.717) is 6.07 Å². The third-order valence-corrected chi connectivity index (χ3v) is 2.43. The Bertz CT molecular complexity index is 436. The van der Waals surface area contributed by atoms with E-state index in [0.717, 1.165) is 12.1 Å². The Morgan fingerprint density at radius 2 is 1.60 bits per heavy atom. The molecule has 8 heteroatoms. The van der Waals surface area contributed by atoms with E-state index in [1.165, 1.54) is 0 Å². The summed E-state index contributed by atoms with van der Waals surface area (Å²) in [6.45, 7) is -0.143. The van der Waals surface area contributed by atoms with Crippen molar-refractivity contribution in [3.8, 4) is 0 Å². The first-order valence-electron chi connectivity index (χ1n) is 5.72. The molecule has 0 heterocycles. The van der Waals surface area contributed by atoms with Gasteiger partial charge in [-0.3, -0.25) is 0 Å². The van der Waals surface area contributed by atoms with E-state index in [2.05, 4.69) is 5.32 Å². The van der Waals surface area contributed by atoms with Crippen LogP contribution in [0.25, 0.3) is 0 Å². The minimum atomic E-state index is -4.66. The summed E-state index contributed by atoms with van der Waals surface area (Å²) in [5.74, 6) is -1.04. The van der Waals surface area contributed by atoms with Gasteiger partial charge in [-0.25, -0.2) is 4.39 Å². The van der Waals surface area contributed by atoms with Gasteiger partial charge in [-0.05, 0) is 36.7 Å². The van der Waals surface area contributed by atoms with E-state index >= 15 is 0 Å². The van der Waals surface area contributed by atoms with Gasteiger partial charge in [0.1, 0.15) is 5.82 Å². The summed E-state index contributed by atoms with van der Waals surface area (Å²) in [6.07, 6.45) is -10.1. The van der Waals surface area contributed by atoms with Gasteiger partial charge in [-0.2, -0.15) is 26.3 Å². The molecule has 20 heavy (non-hydrogen) atoms. The van der Waals surface area contributed by atoms with Crippen molar-refractivity contribution in [2.75, 3.05) is 6.54 Å². The molecule has 0 aliphatic carbocycles. The molecular weight excluding hydrogens is 291 g/mol. The maximum atomic E-state index is 13.0. The lowest BCUT2D eigenvalue weighted by molar-refractivity contribution is -0.138. The Hall–Kier alpha value is -1.31. The highest BCUT2D eigenvalue weighted by Crippen LogP contribution is 2.30. The zero-order valence-corrected chi connectivity index (χ0v) is 10.2. The molecule has 0 saturated heterocycles. The van der Waals surface area contributed by atoms with E-state index in [4.69, 9.17) is 0 Å². The number of halogens is 7. The number of rotatable bonds is 5. The maximum absolute atomic E-state index is 13.0. The molecule has 0 unspecified atom stereocenters. The molecule has 0 saturated carbocycles. The van der Waals surface area contributed by atoms with E-state index < -0.39 is 30.2 Å². The fraction of sp³-hybridized carbons (Fsp3) is 0.500. The normalized spacial score (nSPS) is 12.8. The van der Waals surface area contributed by atoms with Crippen LogP contribution < -0.4 is 5.32 Å². The van der Waals surface area contributed by atoms with E-state index in [1.54, 1.807) is 0 Å². The van der Waals surface area contributed by atoms with Gasteiger partial charge in [-0.1, -0.05) is 0 Å². The minimum absolute atomic E-state index is 0.0165. The van der Waals surface area contributed by atoms with E-state index in [1.807, 2.05) is 0 Å². The Kier molecular flexibility index (Phi) is 5.38. The summed E-state index contributed by atoms with van der Waals surface area (Å²) < 4.78 is 85.8. The van der Waals surface area contributed by atoms with Crippen molar-refractivity contribution < 1.29 is 30.7 Å². The summed E-state index contributed by atoms with van der Waals surface area (Å²) in [5.41, 5.74) is -1.09. The van der Waals surface area contributed by atoms with Crippen LogP contribution >= 0.6 is 0 Å². The molecule has 0 bridgehead atoms. The molecule has 0 amide bonds. The third-order valence-electron chi connectivity index (χ3n) is 2.43. The quantitative estimate of drug-likeness (QED) is 0.632. The molecule has 0 spiro atoms. The highest BCUT2D eigenvalue weighted by molar-refractivity contribution is 5.26. The van der Waals surface area contributed by atoms with Crippen LogP contribution in [0.15, 0.2) is 18.2 Å². The summed E-state index contributed by atoms with van der Waals surface area (Å²) in [7, 11) is 0. The first-order chi connectivity index (χ1) is 9.08. The fourth-order valence-electron chi connectivity index (χ4n) is 1.56. The minimum Gasteiger partial charge on any atom is -0.313 e. The zero-order valence-electron chi connectivity index (χ0n) is 10.2. The van der Waals surface area contributed by atoms with Gasteiger partial charge in [0.05, 0.1) is 5.56 Å². The van der Waals surface area contributed by atoms with Crippen LogP contribution in [0.1, 0.15) is 24.0 Å². The highest BCUT2D eigenvalue weighted by atomic mass is 19.4. The van der Waals surface area contributed by atoms with Crippen molar-refractivity contribution >= 4 is 0 Å². The predicted molar refractivity (Wildman–Crippen MR) is 58.4 cm³/mol. The van der Waals surface area contributed by atoms with Crippen molar-refractivity contribution in [2.45, 2.75) is 31.7 Å². The van der Waals surface area contributed by atoms with Gasteiger partial charge in [-0.15, -0.1) is 0 Å². The summed E-state index contributed by atoms with van der Waals surface area (Å²) >= 11 is 0. The largest absolute Gasteiger partial charge is 0.416 e. The lowest BCUT2D eigenvalue weighted by atomic mass is 10.1. The second-order valence-electron chi connectivity index (χ2n) is 4.24. The molecule has 1 aromatic rings. The van der Waals surface area contributed by atoms with Crippen molar-refractivity contribution in [1.29, 1.82) is 0 Å². The van der Waals surface area contributed by atoms with Gasteiger partial charge < -0.3 is 5.32 Å². The van der Waals surface area contributed by atoms with Crippen LogP contribution in [-0.2, 0) is 12.7 Å². The van der Waals surface area contributed by atoms with Crippen LogP contribution in [0.4, 0.5) is 30.7 Å². The summed E-state index contributed by atoms with van der Waals surface area (Å²) in [6, 6.07) is 2.04. The lowest BCUT2D eigenvalue weighted by Gasteiger charge is -2.10. The smallest absolute Gasteiger partial charge is 0.313 e. The van der Waals surface area contributed by atoms with Crippen LogP contribution in [0.5, 0.6) is 0 Å². The van der Waals surface area contributed by atoms with Crippen molar-refractivity contribution in [3.63, 3.8) is 0 Å². The van der Waals surface area contributed by atoms with Crippen molar-refractivity contribution in [1.82, 2.24) is 5.32 Å². The molecule has 0 aromatic heterocycles. The monoisotopic (exact) mass is 303 g/mol. The van der Waals surface area contributed by atoms with E-state index in [-0.39, 0.29) is 25.1 Å². The first kappa shape index (κ1) is 16.7. The second-order valence-corrected chi connectivity index (χ2v) is 4.24. The standard InChI is InChI=1S/C12H12F7N/c13-10-5-8(4-9(6-10)12(17,18)19)7-20-3-1-2-11(14,15)16/h4-6,20H,1-3,7H2. The molecule has 1 nitrogen and oxygen atoms in total. The SMILES string of the molecule is Fc1cc(CNCCCC(F)(F)F)cc(C(F)(F)F)c1. The summed E-state index contributed by atoms with van der Waals surface area (Å²) in [5, 5.41) is 2.55. The number of nitrogens with one attached hydrogen (secondary N) is 1. The molecule has 114 valence electrons. The molecule has 1 rings (SSSR count). The lowest BCUT2D eigenvalue weighted by Crippen LogP contribution is -2.18. The predicted octanol–water partition coefficient (Wildman–Crippen LogP) is 4.28. The van der Waals surface area contributed by atoms with Gasteiger partial charge in [0, 0.05) is 13.0 Å². The molecule has 0 aliphatic heterocycles. The molecule has 0 fully saturated rings. The second kappa shape index (κ2) is 6.43. The Labute approximate surface area is 110 Å². The fourth-order valence-corrected chi connectivity index (χ4v) is 1.56. The van der Waals surface area contributed by atoms with Gasteiger partial charge in [0.15, 0.2) is 0 Å². The topological polar surface area (TPSA) is 12.0 Å². The van der Waals surface area contributed by atoms with Crippen molar-refractivity contribution in [2.24, 2.45) is 0 Å². The van der Waals surface area contributed by atoms with Crippen LogP contribution in [0.2, 0.25) is 0 Å². The first-order valence-corrected chi connectivity index (χ1v) is 5.72. The summed E-state index contributed by atoms with van der Waals surface area (Å²) in [4.78, 5) is 0. The average molecular weight is 303 g/mol. The number of alkyl halides is 6. The van der Waals surface area contributed by atoms with E-state index in [9.17, 15) is 30.7 Å². The number of hydrogen-bond acceptors (Lipinski definition) is 1. The molecule has 0 atom stereocenters. The number of benzene rings is 1. The molecule has 1 aromatic carbocycles. The van der Waals surface area contributed by atoms with Crippen molar-refractivity contribution in [3.05, 3.63) is 35.1 Å². The molecule has 1 N–H and O–H groups in total.